The Morgan fingerprint density at radius 1 is 1.21 bits per heavy atom. The van der Waals surface area contributed by atoms with Gasteiger partial charge in [-0.1, -0.05) is 26.3 Å². The summed E-state index contributed by atoms with van der Waals surface area (Å²) in [6.45, 7) is 2.50. The zero-order valence-electron chi connectivity index (χ0n) is 14.6. The highest BCUT2D eigenvalue weighted by atomic mass is 79.9. The molecule has 0 unspecified atom stereocenters. The van der Waals surface area contributed by atoms with Crippen LogP contribution in [0.3, 0.4) is 0 Å². The summed E-state index contributed by atoms with van der Waals surface area (Å²) >= 11 is 3.21. The molecule has 8 nitrogen and oxygen atoms in total. The van der Waals surface area contributed by atoms with Crippen LogP contribution in [0.1, 0.15) is 6.92 Å². The van der Waals surface area contributed by atoms with Crippen LogP contribution in [0.2, 0.25) is 0 Å². The molecule has 2 N–H and O–H groups in total. The third kappa shape index (κ3) is 3.33. The van der Waals surface area contributed by atoms with Crippen LogP contribution in [0, 0.1) is 5.82 Å². The van der Waals surface area contributed by atoms with Gasteiger partial charge in [0, 0.05) is 10.0 Å². The molecule has 0 aliphatic rings. The second kappa shape index (κ2) is 7.39. The Bertz CT molecular complexity index is 1130. The van der Waals surface area contributed by atoms with Gasteiger partial charge in [0.25, 0.3) is 5.89 Å². The van der Waals surface area contributed by atoms with E-state index >= 15 is 0 Å². The van der Waals surface area contributed by atoms with Crippen LogP contribution in [0.5, 0.6) is 5.75 Å². The molecule has 10 heteroatoms. The van der Waals surface area contributed by atoms with E-state index < -0.39 is 5.82 Å². The molecule has 4 rings (SSSR count). The number of hydrogen-bond acceptors (Lipinski definition) is 7. The maximum absolute atomic E-state index is 14.2. The van der Waals surface area contributed by atoms with Crippen LogP contribution in [0.15, 0.2) is 51.5 Å². The SMILES string of the molecule is CCOc1ccc(-c2noc(-c3nnn(-c4ccc(Br)cc4F)c3N)n2)cc1. The highest BCUT2D eigenvalue weighted by molar-refractivity contribution is 9.10. The zero-order valence-corrected chi connectivity index (χ0v) is 16.2. The van der Waals surface area contributed by atoms with Crippen molar-refractivity contribution in [1.29, 1.82) is 0 Å². The zero-order chi connectivity index (χ0) is 19.7. The van der Waals surface area contributed by atoms with Gasteiger partial charge in [0.1, 0.15) is 17.3 Å². The summed E-state index contributed by atoms with van der Waals surface area (Å²) in [5, 5.41) is 11.8. The number of halogens is 2. The van der Waals surface area contributed by atoms with Crippen molar-refractivity contribution < 1.29 is 13.7 Å². The van der Waals surface area contributed by atoms with Gasteiger partial charge in [-0.05, 0) is 49.4 Å². The van der Waals surface area contributed by atoms with Crippen molar-refractivity contribution in [2.24, 2.45) is 0 Å². The summed E-state index contributed by atoms with van der Waals surface area (Å²) < 4.78 is 26.7. The summed E-state index contributed by atoms with van der Waals surface area (Å²) in [6.07, 6.45) is 0. The first-order valence-electron chi connectivity index (χ1n) is 8.30. The minimum Gasteiger partial charge on any atom is -0.494 e. The van der Waals surface area contributed by atoms with Crippen molar-refractivity contribution in [3.8, 4) is 34.4 Å². The Morgan fingerprint density at radius 3 is 2.71 bits per heavy atom. The smallest absolute Gasteiger partial charge is 0.282 e. The van der Waals surface area contributed by atoms with E-state index in [1.807, 2.05) is 31.2 Å². The van der Waals surface area contributed by atoms with Crippen LogP contribution in [-0.2, 0) is 0 Å². The molecular formula is C18H14BrFN6O2. The van der Waals surface area contributed by atoms with E-state index in [1.54, 1.807) is 6.07 Å². The van der Waals surface area contributed by atoms with E-state index in [0.29, 0.717) is 16.9 Å². The molecule has 0 atom stereocenters. The van der Waals surface area contributed by atoms with Crippen LogP contribution in [0.25, 0.3) is 28.7 Å². The third-order valence-corrected chi connectivity index (χ3v) is 4.39. The molecule has 28 heavy (non-hydrogen) atoms. The molecule has 0 amide bonds. The van der Waals surface area contributed by atoms with E-state index in [-0.39, 0.29) is 23.1 Å². The lowest BCUT2D eigenvalue weighted by Gasteiger charge is -2.04. The first kappa shape index (κ1) is 18.1. The number of rotatable bonds is 5. The number of ether oxygens (including phenoxy) is 1. The molecule has 0 aliphatic carbocycles. The fraction of sp³-hybridized carbons (Fsp3) is 0.111. The van der Waals surface area contributed by atoms with Crippen molar-refractivity contribution in [3.05, 3.63) is 52.8 Å². The van der Waals surface area contributed by atoms with Gasteiger partial charge in [-0.2, -0.15) is 9.67 Å². The summed E-state index contributed by atoms with van der Waals surface area (Å²) in [5.74, 6) is 0.784. The maximum Gasteiger partial charge on any atom is 0.282 e. The highest BCUT2D eigenvalue weighted by Crippen LogP contribution is 2.28. The van der Waals surface area contributed by atoms with Crippen molar-refractivity contribution >= 4 is 21.7 Å². The second-order valence-corrected chi connectivity index (χ2v) is 6.63. The number of hydrogen-bond donors (Lipinski definition) is 1. The van der Waals surface area contributed by atoms with Gasteiger partial charge in [-0.3, -0.25) is 0 Å². The average molecular weight is 445 g/mol. The third-order valence-electron chi connectivity index (χ3n) is 3.90. The molecule has 0 bridgehead atoms. The second-order valence-electron chi connectivity index (χ2n) is 5.71. The minimum absolute atomic E-state index is 0.0862. The molecule has 0 saturated carbocycles. The molecule has 2 aromatic carbocycles. The van der Waals surface area contributed by atoms with Crippen LogP contribution in [-0.4, -0.2) is 31.7 Å². The highest BCUT2D eigenvalue weighted by Gasteiger charge is 2.21. The van der Waals surface area contributed by atoms with Crippen LogP contribution in [0.4, 0.5) is 10.2 Å². The topological polar surface area (TPSA) is 105 Å². The first-order valence-corrected chi connectivity index (χ1v) is 9.10. The molecule has 2 heterocycles. The van der Waals surface area contributed by atoms with Crippen molar-refractivity contribution in [2.45, 2.75) is 6.92 Å². The van der Waals surface area contributed by atoms with Gasteiger partial charge in [-0.25, -0.2) is 4.39 Å². The number of aromatic nitrogens is 5. The van der Waals surface area contributed by atoms with Crippen molar-refractivity contribution in [2.75, 3.05) is 12.3 Å². The normalized spacial score (nSPS) is 11.0. The molecule has 0 radical (unpaired) electrons. The molecular weight excluding hydrogens is 431 g/mol. The average Bonchev–Trinajstić information content (AvgIpc) is 3.30. The van der Waals surface area contributed by atoms with Crippen molar-refractivity contribution in [3.63, 3.8) is 0 Å². The fourth-order valence-electron chi connectivity index (χ4n) is 2.58. The summed E-state index contributed by atoms with van der Waals surface area (Å²) in [7, 11) is 0. The van der Waals surface area contributed by atoms with E-state index in [0.717, 1.165) is 11.3 Å². The van der Waals surface area contributed by atoms with E-state index in [4.69, 9.17) is 15.0 Å². The van der Waals surface area contributed by atoms with E-state index in [9.17, 15) is 4.39 Å². The molecule has 0 spiro atoms. The number of nitrogens with two attached hydrogens (primary N) is 1. The van der Waals surface area contributed by atoms with Gasteiger partial charge < -0.3 is 15.0 Å². The van der Waals surface area contributed by atoms with Crippen molar-refractivity contribution in [1.82, 2.24) is 25.1 Å². The minimum atomic E-state index is -0.502. The molecule has 4 aromatic rings. The fourth-order valence-corrected chi connectivity index (χ4v) is 2.91. The van der Waals surface area contributed by atoms with Gasteiger partial charge in [0.15, 0.2) is 11.5 Å². The first-order chi connectivity index (χ1) is 13.6. The molecule has 0 saturated heterocycles. The van der Waals surface area contributed by atoms with Gasteiger partial charge in [0.05, 0.1) is 6.61 Å². The number of benzene rings is 2. The Kier molecular flexibility index (Phi) is 4.78. The van der Waals surface area contributed by atoms with Gasteiger partial charge in [0.2, 0.25) is 5.82 Å². The monoisotopic (exact) mass is 444 g/mol. The summed E-state index contributed by atoms with van der Waals surface area (Å²) in [4.78, 5) is 4.32. The van der Waals surface area contributed by atoms with Gasteiger partial charge in [-0.15, -0.1) is 5.10 Å². The quantitative estimate of drug-likeness (QED) is 0.497. The largest absolute Gasteiger partial charge is 0.494 e. The lowest BCUT2D eigenvalue weighted by atomic mass is 10.2. The predicted octanol–water partition coefficient (Wildman–Crippen LogP) is 3.87. The number of nitrogen functional groups attached to an aromatic ring is 1. The van der Waals surface area contributed by atoms with Crippen LogP contribution < -0.4 is 10.5 Å². The van der Waals surface area contributed by atoms with E-state index in [2.05, 4.69) is 36.4 Å². The molecule has 0 fully saturated rings. The lowest BCUT2D eigenvalue weighted by molar-refractivity contribution is 0.340. The Balaban J connectivity index is 1.65. The van der Waals surface area contributed by atoms with Gasteiger partial charge >= 0.3 is 0 Å². The molecule has 142 valence electrons. The summed E-state index contributed by atoms with van der Waals surface area (Å²) in [6, 6.07) is 11.8. The summed E-state index contributed by atoms with van der Waals surface area (Å²) in [5.41, 5.74) is 7.16. The lowest BCUT2D eigenvalue weighted by Crippen LogP contribution is -2.04. The Hall–Kier alpha value is -3.27. The van der Waals surface area contributed by atoms with E-state index in [1.165, 1.54) is 16.8 Å². The Morgan fingerprint density at radius 2 is 2.00 bits per heavy atom. The standard InChI is InChI=1S/C18H14BrFN6O2/c1-2-27-12-6-3-10(4-7-12)17-22-18(28-24-17)15-16(21)26(25-23-15)14-8-5-11(19)9-13(14)20/h3-9H,2,21H2,1H3. The molecule has 0 aliphatic heterocycles. The Labute approximate surface area is 167 Å². The molecule has 2 aromatic heterocycles. The predicted molar refractivity (Wildman–Crippen MR) is 103 cm³/mol. The number of anilines is 1. The number of nitrogens with zero attached hydrogens (tertiary/aromatic N) is 5. The maximum atomic E-state index is 14.2. The van der Waals surface area contributed by atoms with Crippen LogP contribution >= 0.6 is 15.9 Å².